The fourth-order valence-corrected chi connectivity index (χ4v) is 2.66. The highest BCUT2D eigenvalue weighted by Crippen LogP contribution is 2.43. The zero-order valence-corrected chi connectivity index (χ0v) is 9.20. The van der Waals surface area contributed by atoms with Crippen LogP contribution in [0.2, 0.25) is 0 Å². The first-order valence-electron chi connectivity index (χ1n) is 5.34. The van der Waals surface area contributed by atoms with Gasteiger partial charge in [0.25, 0.3) is 0 Å². The number of Topliss-reactive ketones (excluding diaryl/α,β-unsaturated/α-hetero) is 1. The van der Waals surface area contributed by atoms with Crippen molar-refractivity contribution < 1.29 is 4.79 Å². The zero-order valence-electron chi connectivity index (χ0n) is 8.44. The number of halogens is 1. The molecule has 0 heterocycles. The van der Waals surface area contributed by atoms with Crippen molar-refractivity contribution >= 4 is 17.4 Å². The van der Waals surface area contributed by atoms with Gasteiger partial charge in [-0.15, -0.1) is 11.6 Å². The van der Waals surface area contributed by atoms with Gasteiger partial charge in [0.05, 0.1) is 5.88 Å². The molecule has 0 saturated heterocycles. The molecule has 0 N–H and O–H groups in total. The number of hydrogen-bond acceptors (Lipinski definition) is 1. The minimum Gasteiger partial charge on any atom is -0.298 e. The highest BCUT2D eigenvalue weighted by atomic mass is 35.5. The molecule has 2 heteroatoms. The lowest BCUT2D eigenvalue weighted by Crippen LogP contribution is -2.29. The maximum Gasteiger partial charge on any atom is 0.153 e. The lowest BCUT2D eigenvalue weighted by atomic mass is 9.78. The van der Waals surface area contributed by atoms with Gasteiger partial charge in [0.1, 0.15) is 0 Å². The Kier molecular flexibility index (Phi) is 4.24. The first-order chi connectivity index (χ1) is 6.25. The molecular weight excluding hydrogens is 184 g/mol. The van der Waals surface area contributed by atoms with Gasteiger partial charge in [-0.05, 0) is 19.3 Å². The Morgan fingerprint density at radius 3 is 2.46 bits per heavy atom. The largest absolute Gasteiger partial charge is 0.298 e. The summed E-state index contributed by atoms with van der Waals surface area (Å²) in [6.45, 7) is 2.17. The van der Waals surface area contributed by atoms with Gasteiger partial charge in [-0.2, -0.15) is 0 Å². The number of alkyl halides is 1. The quantitative estimate of drug-likeness (QED) is 0.624. The summed E-state index contributed by atoms with van der Waals surface area (Å²) < 4.78 is 0. The van der Waals surface area contributed by atoms with E-state index in [4.69, 9.17) is 11.6 Å². The second kappa shape index (κ2) is 4.99. The molecule has 0 aliphatic heterocycles. The first-order valence-corrected chi connectivity index (χ1v) is 5.88. The zero-order chi connectivity index (χ0) is 9.73. The van der Waals surface area contributed by atoms with Gasteiger partial charge in [-0.25, -0.2) is 0 Å². The number of carbonyl (C=O) groups is 1. The van der Waals surface area contributed by atoms with Crippen LogP contribution in [0.25, 0.3) is 0 Å². The van der Waals surface area contributed by atoms with Crippen molar-refractivity contribution in [2.45, 2.75) is 51.9 Å². The highest BCUT2D eigenvalue weighted by Gasteiger charge is 2.39. The molecule has 0 aromatic carbocycles. The van der Waals surface area contributed by atoms with Crippen LogP contribution < -0.4 is 0 Å². The average molecular weight is 203 g/mol. The third-order valence-corrected chi connectivity index (χ3v) is 3.53. The Hall–Kier alpha value is -0.0400. The minimum atomic E-state index is -0.0161. The van der Waals surface area contributed by atoms with Gasteiger partial charge in [0.2, 0.25) is 0 Å². The van der Waals surface area contributed by atoms with Gasteiger partial charge in [-0.3, -0.25) is 4.79 Å². The summed E-state index contributed by atoms with van der Waals surface area (Å²) in [5.74, 6) is 0.504. The van der Waals surface area contributed by atoms with E-state index in [1.165, 1.54) is 25.7 Å². The molecule has 0 unspecified atom stereocenters. The molecule has 1 aliphatic rings. The van der Waals surface area contributed by atoms with Crippen LogP contribution in [0.4, 0.5) is 0 Å². The molecule has 0 radical (unpaired) electrons. The summed E-state index contributed by atoms with van der Waals surface area (Å²) in [4.78, 5) is 11.7. The number of hydrogen-bond donors (Lipinski definition) is 0. The van der Waals surface area contributed by atoms with Crippen molar-refractivity contribution in [3.63, 3.8) is 0 Å². The second-order valence-electron chi connectivity index (χ2n) is 4.15. The molecule has 0 amide bonds. The Balaban J connectivity index is 2.57. The van der Waals surface area contributed by atoms with Crippen LogP contribution in [0.3, 0.4) is 0 Å². The Morgan fingerprint density at radius 1 is 1.38 bits per heavy atom. The van der Waals surface area contributed by atoms with Crippen molar-refractivity contribution in [1.29, 1.82) is 0 Å². The Bertz CT molecular complexity index is 171. The van der Waals surface area contributed by atoms with Crippen LogP contribution in [0.5, 0.6) is 0 Å². The van der Waals surface area contributed by atoms with Crippen LogP contribution in [0, 0.1) is 5.41 Å². The van der Waals surface area contributed by atoms with Crippen LogP contribution in [0.15, 0.2) is 0 Å². The minimum absolute atomic E-state index is 0.0161. The van der Waals surface area contributed by atoms with E-state index in [0.29, 0.717) is 5.78 Å². The number of carbonyl (C=O) groups excluding carboxylic acids is 1. The summed E-state index contributed by atoms with van der Waals surface area (Å²) in [5.41, 5.74) is -0.0161. The molecular formula is C11H19ClO. The fraction of sp³-hybridized carbons (Fsp3) is 0.909. The van der Waals surface area contributed by atoms with Gasteiger partial charge < -0.3 is 0 Å². The van der Waals surface area contributed by atoms with E-state index in [1.807, 2.05) is 0 Å². The fourth-order valence-electron chi connectivity index (χ4n) is 2.38. The molecule has 0 aromatic heterocycles. The van der Waals surface area contributed by atoms with Crippen molar-refractivity contribution in [3.05, 3.63) is 0 Å². The van der Waals surface area contributed by atoms with Crippen molar-refractivity contribution in [1.82, 2.24) is 0 Å². The molecule has 1 fully saturated rings. The molecule has 0 bridgehead atoms. The van der Waals surface area contributed by atoms with Gasteiger partial charge in [-0.1, -0.05) is 32.6 Å². The lowest BCUT2D eigenvalue weighted by Gasteiger charge is -2.26. The van der Waals surface area contributed by atoms with Crippen molar-refractivity contribution in [2.24, 2.45) is 5.41 Å². The SMILES string of the molecule is CCCCC1(C(=O)CCl)CCCC1. The van der Waals surface area contributed by atoms with E-state index in [9.17, 15) is 4.79 Å². The third kappa shape index (κ3) is 2.46. The van der Waals surface area contributed by atoms with Gasteiger partial charge in [0, 0.05) is 5.41 Å². The van der Waals surface area contributed by atoms with E-state index < -0.39 is 0 Å². The number of unbranched alkanes of at least 4 members (excludes halogenated alkanes) is 1. The monoisotopic (exact) mass is 202 g/mol. The van der Waals surface area contributed by atoms with E-state index in [2.05, 4.69) is 6.92 Å². The summed E-state index contributed by atoms with van der Waals surface area (Å²) in [6, 6.07) is 0. The predicted octanol–water partition coefficient (Wildman–Crippen LogP) is 3.54. The van der Waals surface area contributed by atoms with Crippen LogP contribution >= 0.6 is 11.6 Å². The smallest absolute Gasteiger partial charge is 0.153 e. The average Bonchev–Trinajstić information content (AvgIpc) is 2.63. The summed E-state index contributed by atoms with van der Waals surface area (Å²) in [5, 5.41) is 0. The lowest BCUT2D eigenvalue weighted by molar-refractivity contribution is -0.126. The normalized spacial score (nSPS) is 20.5. The summed E-state index contributed by atoms with van der Waals surface area (Å²) in [7, 11) is 0. The number of ketones is 1. The van der Waals surface area contributed by atoms with Crippen molar-refractivity contribution in [2.75, 3.05) is 5.88 Å². The maximum absolute atomic E-state index is 11.7. The third-order valence-electron chi connectivity index (χ3n) is 3.28. The standard InChI is InChI=1S/C11H19ClO/c1-2-3-6-11(10(13)9-12)7-4-5-8-11/h2-9H2,1H3. The van der Waals surface area contributed by atoms with E-state index in [-0.39, 0.29) is 11.3 Å². The van der Waals surface area contributed by atoms with E-state index >= 15 is 0 Å². The van der Waals surface area contributed by atoms with E-state index in [1.54, 1.807) is 0 Å². The molecule has 0 aromatic rings. The van der Waals surface area contributed by atoms with E-state index in [0.717, 1.165) is 19.3 Å². The molecule has 1 nitrogen and oxygen atoms in total. The highest BCUT2D eigenvalue weighted by molar-refractivity contribution is 6.28. The molecule has 0 atom stereocenters. The molecule has 0 spiro atoms. The molecule has 13 heavy (non-hydrogen) atoms. The van der Waals surface area contributed by atoms with Crippen molar-refractivity contribution in [3.8, 4) is 0 Å². The Labute approximate surface area is 85.8 Å². The number of rotatable bonds is 5. The van der Waals surface area contributed by atoms with Gasteiger partial charge in [0.15, 0.2) is 5.78 Å². The molecule has 1 saturated carbocycles. The van der Waals surface area contributed by atoms with Crippen LogP contribution in [-0.2, 0) is 4.79 Å². The molecule has 76 valence electrons. The summed E-state index contributed by atoms with van der Waals surface area (Å²) in [6.07, 6.45) is 8.00. The second-order valence-corrected chi connectivity index (χ2v) is 4.42. The van der Waals surface area contributed by atoms with Crippen LogP contribution in [0.1, 0.15) is 51.9 Å². The summed E-state index contributed by atoms with van der Waals surface area (Å²) >= 11 is 5.65. The molecule has 1 rings (SSSR count). The molecule has 1 aliphatic carbocycles. The predicted molar refractivity (Wildman–Crippen MR) is 56.2 cm³/mol. The van der Waals surface area contributed by atoms with Crippen LogP contribution in [-0.4, -0.2) is 11.7 Å². The Morgan fingerprint density at radius 2 is 2.00 bits per heavy atom. The first kappa shape index (κ1) is 11.0. The topological polar surface area (TPSA) is 17.1 Å². The maximum atomic E-state index is 11.7. The van der Waals surface area contributed by atoms with Gasteiger partial charge >= 0.3 is 0 Å².